The van der Waals surface area contributed by atoms with Crippen molar-refractivity contribution in [3.63, 3.8) is 0 Å². The van der Waals surface area contributed by atoms with Crippen LogP contribution in [-0.4, -0.2) is 81.6 Å². The lowest BCUT2D eigenvalue weighted by Crippen LogP contribution is -2.44. The molecule has 0 saturated carbocycles. The van der Waals surface area contributed by atoms with Crippen LogP contribution in [-0.2, 0) is 11.2 Å². The molecule has 140 valence electrons. The first-order chi connectivity index (χ1) is 12.0. The van der Waals surface area contributed by atoms with Gasteiger partial charge in [-0.15, -0.1) is 0 Å². The summed E-state index contributed by atoms with van der Waals surface area (Å²) in [6, 6.07) is 8.26. The van der Waals surface area contributed by atoms with Gasteiger partial charge in [0, 0.05) is 26.7 Å². The molecule has 1 atom stereocenters. The highest BCUT2D eigenvalue weighted by Gasteiger charge is 2.22. The van der Waals surface area contributed by atoms with Gasteiger partial charge in [0.15, 0.2) is 0 Å². The van der Waals surface area contributed by atoms with Crippen molar-refractivity contribution in [2.45, 2.75) is 19.3 Å². The number of carbonyl (C=O) groups is 1. The van der Waals surface area contributed by atoms with Crippen LogP contribution >= 0.6 is 0 Å². The zero-order valence-corrected chi connectivity index (χ0v) is 16.2. The lowest BCUT2D eigenvalue weighted by atomic mass is 9.97. The molecule has 5 heteroatoms. The van der Waals surface area contributed by atoms with Crippen molar-refractivity contribution in [1.82, 2.24) is 14.7 Å². The second-order valence-corrected chi connectivity index (χ2v) is 7.38. The summed E-state index contributed by atoms with van der Waals surface area (Å²) in [5.74, 6) is 1.75. The summed E-state index contributed by atoms with van der Waals surface area (Å²) in [4.78, 5) is 18.5. The number of piperidine rings is 1. The molecule has 1 fully saturated rings. The number of hydrogen-bond acceptors (Lipinski definition) is 4. The number of para-hydroxylation sites is 1. The third kappa shape index (κ3) is 6.33. The van der Waals surface area contributed by atoms with Crippen molar-refractivity contribution < 1.29 is 9.53 Å². The molecule has 0 bridgehead atoms. The zero-order valence-electron chi connectivity index (χ0n) is 16.2. The van der Waals surface area contributed by atoms with Crippen LogP contribution in [0.15, 0.2) is 24.3 Å². The molecule has 0 radical (unpaired) electrons. The second-order valence-electron chi connectivity index (χ2n) is 7.38. The Kier molecular flexibility index (Phi) is 7.72. The van der Waals surface area contributed by atoms with Gasteiger partial charge in [0.25, 0.3) is 0 Å². The van der Waals surface area contributed by atoms with Gasteiger partial charge in [-0.25, -0.2) is 0 Å². The van der Waals surface area contributed by atoms with E-state index in [2.05, 4.69) is 17.0 Å². The topological polar surface area (TPSA) is 36.0 Å². The van der Waals surface area contributed by atoms with Crippen LogP contribution in [0.3, 0.4) is 0 Å². The van der Waals surface area contributed by atoms with Gasteiger partial charge in [0.1, 0.15) is 5.75 Å². The van der Waals surface area contributed by atoms with Gasteiger partial charge < -0.3 is 19.4 Å². The Labute approximate surface area is 152 Å². The minimum absolute atomic E-state index is 0.205. The second kappa shape index (κ2) is 9.78. The van der Waals surface area contributed by atoms with Gasteiger partial charge in [-0.2, -0.15) is 0 Å². The quantitative estimate of drug-likeness (QED) is 0.720. The molecule has 1 unspecified atom stereocenters. The molecule has 1 amide bonds. The molecule has 1 aliphatic heterocycles. The van der Waals surface area contributed by atoms with Crippen molar-refractivity contribution in [2.75, 3.05) is 61.0 Å². The zero-order chi connectivity index (χ0) is 18.2. The van der Waals surface area contributed by atoms with E-state index in [0.717, 1.165) is 38.3 Å². The Morgan fingerprint density at radius 1 is 1.28 bits per heavy atom. The van der Waals surface area contributed by atoms with E-state index in [1.54, 1.807) is 7.11 Å². The lowest BCUT2D eigenvalue weighted by Gasteiger charge is -2.35. The number of nitrogens with zero attached hydrogens (tertiary/aromatic N) is 3. The molecule has 1 aromatic rings. The average molecular weight is 348 g/mol. The molecular weight excluding hydrogens is 314 g/mol. The highest BCUT2D eigenvalue weighted by molar-refractivity contribution is 5.77. The number of likely N-dealkylation sites (tertiary alicyclic amines) is 1. The molecule has 0 aliphatic carbocycles. The third-order valence-corrected chi connectivity index (χ3v) is 4.90. The molecule has 25 heavy (non-hydrogen) atoms. The van der Waals surface area contributed by atoms with Gasteiger partial charge in [-0.3, -0.25) is 4.79 Å². The maximum absolute atomic E-state index is 12.1. The number of methoxy groups -OCH3 is 1. The minimum Gasteiger partial charge on any atom is -0.496 e. The monoisotopic (exact) mass is 347 g/mol. The molecule has 1 saturated heterocycles. The van der Waals surface area contributed by atoms with E-state index in [9.17, 15) is 4.79 Å². The predicted molar refractivity (Wildman–Crippen MR) is 102 cm³/mol. The number of benzene rings is 1. The van der Waals surface area contributed by atoms with Crippen molar-refractivity contribution in [2.24, 2.45) is 5.92 Å². The normalized spacial score (nSPS) is 18.4. The first-order valence-electron chi connectivity index (χ1n) is 9.22. The molecule has 0 N–H and O–H groups in total. The van der Waals surface area contributed by atoms with Gasteiger partial charge in [-0.05, 0) is 57.5 Å². The van der Waals surface area contributed by atoms with Gasteiger partial charge in [0.05, 0.1) is 13.7 Å². The van der Waals surface area contributed by atoms with Gasteiger partial charge >= 0.3 is 0 Å². The van der Waals surface area contributed by atoms with Gasteiger partial charge in [0.2, 0.25) is 5.91 Å². The van der Waals surface area contributed by atoms with E-state index in [1.807, 2.05) is 43.1 Å². The minimum atomic E-state index is 0.205. The SMILES string of the molecule is COc1ccccc1CCN1CCCC(CN(C)C(=O)CN(C)C)C1. The Morgan fingerprint density at radius 3 is 2.76 bits per heavy atom. The van der Waals surface area contributed by atoms with E-state index in [-0.39, 0.29) is 5.91 Å². The standard InChI is InChI=1S/C20H33N3O2/c1-21(2)16-20(24)22(3)14-17-8-7-12-23(15-17)13-11-18-9-5-6-10-19(18)25-4/h5-6,9-10,17H,7-8,11-16H2,1-4H3. The summed E-state index contributed by atoms with van der Waals surface area (Å²) in [6.07, 6.45) is 3.43. The summed E-state index contributed by atoms with van der Waals surface area (Å²) >= 11 is 0. The molecule has 2 rings (SSSR count). The molecule has 5 nitrogen and oxygen atoms in total. The van der Waals surface area contributed by atoms with E-state index in [1.165, 1.54) is 18.4 Å². The molecular formula is C20H33N3O2. The smallest absolute Gasteiger partial charge is 0.236 e. The number of hydrogen-bond donors (Lipinski definition) is 0. The summed E-state index contributed by atoms with van der Waals surface area (Å²) in [5.41, 5.74) is 1.27. The fourth-order valence-electron chi connectivity index (χ4n) is 3.57. The van der Waals surface area contributed by atoms with Crippen LogP contribution in [0.5, 0.6) is 5.75 Å². The van der Waals surface area contributed by atoms with Crippen LogP contribution in [0.4, 0.5) is 0 Å². The number of likely N-dealkylation sites (N-methyl/N-ethyl adjacent to an activating group) is 2. The molecule has 0 aromatic heterocycles. The number of ether oxygens (including phenoxy) is 1. The highest BCUT2D eigenvalue weighted by Crippen LogP contribution is 2.21. The Balaban J connectivity index is 1.81. The van der Waals surface area contributed by atoms with Crippen molar-refractivity contribution in [3.05, 3.63) is 29.8 Å². The summed E-state index contributed by atoms with van der Waals surface area (Å²) in [5, 5.41) is 0. The van der Waals surface area contributed by atoms with Gasteiger partial charge in [-0.1, -0.05) is 18.2 Å². The van der Waals surface area contributed by atoms with Crippen molar-refractivity contribution in [3.8, 4) is 5.75 Å². The summed E-state index contributed by atoms with van der Waals surface area (Å²) in [6.45, 7) is 4.63. The lowest BCUT2D eigenvalue weighted by molar-refractivity contribution is -0.131. The number of amides is 1. The largest absolute Gasteiger partial charge is 0.496 e. The number of rotatable bonds is 8. The Morgan fingerprint density at radius 2 is 2.04 bits per heavy atom. The van der Waals surface area contributed by atoms with E-state index >= 15 is 0 Å². The van der Waals surface area contributed by atoms with Crippen LogP contribution in [0.25, 0.3) is 0 Å². The Hall–Kier alpha value is -1.59. The van der Waals surface area contributed by atoms with Crippen LogP contribution < -0.4 is 4.74 Å². The molecule has 1 aromatic carbocycles. The highest BCUT2D eigenvalue weighted by atomic mass is 16.5. The third-order valence-electron chi connectivity index (χ3n) is 4.90. The van der Waals surface area contributed by atoms with Crippen LogP contribution in [0, 0.1) is 5.92 Å². The maximum atomic E-state index is 12.1. The molecule has 1 heterocycles. The fourth-order valence-corrected chi connectivity index (χ4v) is 3.57. The van der Waals surface area contributed by atoms with Crippen LogP contribution in [0.1, 0.15) is 18.4 Å². The first kappa shape index (κ1) is 19.7. The van der Waals surface area contributed by atoms with Crippen LogP contribution in [0.2, 0.25) is 0 Å². The average Bonchev–Trinajstić information content (AvgIpc) is 2.60. The summed E-state index contributed by atoms with van der Waals surface area (Å²) in [7, 11) is 7.54. The maximum Gasteiger partial charge on any atom is 0.236 e. The summed E-state index contributed by atoms with van der Waals surface area (Å²) < 4.78 is 5.45. The Bertz CT molecular complexity index is 547. The molecule has 0 spiro atoms. The number of carbonyl (C=O) groups excluding carboxylic acids is 1. The van der Waals surface area contributed by atoms with E-state index in [0.29, 0.717) is 12.5 Å². The first-order valence-corrected chi connectivity index (χ1v) is 9.22. The fraction of sp³-hybridized carbons (Fsp3) is 0.650. The van der Waals surface area contributed by atoms with Crippen molar-refractivity contribution >= 4 is 5.91 Å². The van der Waals surface area contributed by atoms with E-state index in [4.69, 9.17) is 4.74 Å². The molecule has 1 aliphatic rings. The van der Waals surface area contributed by atoms with E-state index < -0.39 is 0 Å². The van der Waals surface area contributed by atoms with Crippen molar-refractivity contribution in [1.29, 1.82) is 0 Å². The predicted octanol–water partition coefficient (Wildman–Crippen LogP) is 1.97.